The van der Waals surface area contributed by atoms with E-state index in [4.69, 9.17) is 23.2 Å². The predicted molar refractivity (Wildman–Crippen MR) is 61.1 cm³/mol. The minimum Gasteiger partial charge on any atom is -0.299 e. The summed E-state index contributed by atoms with van der Waals surface area (Å²) in [4.78, 5) is 2.38. The molecule has 1 aromatic carbocycles. The molecule has 0 bridgehead atoms. The zero-order chi connectivity index (χ0) is 10.1. The van der Waals surface area contributed by atoms with Crippen molar-refractivity contribution in [3.63, 3.8) is 0 Å². The number of nitrogens with zero attached hydrogens (tertiary/aromatic N) is 1. The highest BCUT2D eigenvalue weighted by molar-refractivity contribution is 6.42. The van der Waals surface area contributed by atoms with E-state index in [1.807, 2.05) is 6.07 Å². The molecule has 1 aliphatic heterocycles. The van der Waals surface area contributed by atoms with Gasteiger partial charge in [0.25, 0.3) is 0 Å². The molecule has 0 saturated heterocycles. The first kappa shape index (κ1) is 10.3. The first-order valence-electron chi connectivity index (χ1n) is 4.90. The number of benzene rings is 1. The predicted octanol–water partition coefficient (Wildman–Crippen LogP) is 3.37. The Bertz CT molecular complexity index is 349. The molecule has 0 N–H and O–H groups in total. The highest BCUT2D eigenvalue weighted by Crippen LogP contribution is 2.31. The Hall–Kier alpha value is -0.240. The van der Waals surface area contributed by atoms with Gasteiger partial charge in [0, 0.05) is 13.1 Å². The third-order valence-corrected chi connectivity index (χ3v) is 3.66. The zero-order valence-corrected chi connectivity index (χ0v) is 9.70. The van der Waals surface area contributed by atoms with Gasteiger partial charge in [-0.25, -0.2) is 0 Å². The number of rotatable bonds is 1. The summed E-state index contributed by atoms with van der Waals surface area (Å²) in [5.74, 6) is 0. The molecule has 1 heterocycles. The van der Waals surface area contributed by atoms with Gasteiger partial charge >= 0.3 is 0 Å². The van der Waals surface area contributed by atoms with Gasteiger partial charge in [-0.05, 0) is 30.2 Å². The standard InChI is InChI=1S/C11H13Cl2N/c1-2-14-6-5-8-3-4-10(12)11(13)9(8)7-14/h3-4H,2,5-7H2,1H3. The summed E-state index contributed by atoms with van der Waals surface area (Å²) in [6.07, 6.45) is 1.08. The second kappa shape index (κ2) is 4.09. The monoisotopic (exact) mass is 229 g/mol. The summed E-state index contributed by atoms with van der Waals surface area (Å²) in [5, 5.41) is 1.41. The van der Waals surface area contributed by atoms with E-state index in [1.165, 1.54) is 11.1 Å². The number of halogens is 2. The minimum atomic E-state index is 0.670. The smallest absolute Gasteiger partial charge is 0.0640 e. The third kappa shape index (κ3) is 1.77. The zero-order valence-electron chi connectivity index (χ0n) is 8.19. The number of likely N-dealkylation sites (N-methyl/N-ethyl adjacent to an activating group) is 1. The van der Waals surface area contributed by atoms with Gasteiger partial charge in [0.2, 0.25) is 0 Å². The van der Waals surface area contributed by atoms with E-state index in [-0.39, 0.29) is 0 Å². The number of fused-ring (bicyclic) bond motifs is 1. The lowest BCUT2D eigenvalue weighted by Gasteiger charge is -2.28. The van der Waals surface area contributed by atoms with Crippen LogP contribution in [0, 0.1) is 0 Å². The van der Waals surface area contributed by atoms with Crippen LogP contribution in [0.1, 0.15) is 18.1 Å². The van der Waals surface area contributed by atoms with Crippen molar-refractivity contribution >= 4 is 23.2 Å². The summed E-state index contributed by atoms with van der Waals surface area (Å²) in [5.41, 5.74) is 2.57. The summed E-state index contributed by atoms with van der Waals surface area (Å²) in [6, 6.07) is 3.99. The maximum absolute atomic E-state index is 6.17. The Balaban J connectivity index is 2.38. The van der Waals surface area contributed by atoms with E-state index >= 15 is 0 Å². The van der Waals surface area contributed by atoms with Gasteiger partial charge in [0.15, 0.2) is 0 Å². The first-order chi connectivity index (χ1) is 6.72. The molecular weight excluding hydrogens is 217 g/mol. The lowest BCUT2D eigenvalue weighted by Crippen LogP contribution is -2.30. The molecule has 0 atom stereocenters. The highest BCUT2D eigenvalue weighted by atomic mass is 35.5. The lowest BCUT2D eigenvalue weighted by molar-refractivity contribution is 0.268. The maximum atomic E-state index is 6.17. The average molecular weight is 230 g/mol. The van der Waals surface area contributed by atoms with E-state index in [0.29, 0.717) is 5.02 Å². The van der Waals surface area contributed by atoms with Crippen molar-refractivity contribution in [1.82, 2.24) is 4.90 Å². The summed E-state index contributed by atoms with van der Waals surface area (Å²) in [6.45, 7) is 5.30. The van der Waals surface area contributed by atoms with Gasteiger partial charge in [-0.1, -0.05) is 36.2 Å². The highest BCUT2D eigenvalue weighted by Gasteiger charge is 2.18. The second-order valence-electron chi connectivity index (χ2n) is 3.62. The number of hydrogen-bond acceptors (Lipinski definition) is 1. The van der Waals surface area contributed by atoms with Crippen molar-refractivity contribution in [3.05, 3.63) is 33.3 Å². The molecule has 0 aliphatic carbocycles. The van der Waals surface area contributed by atoms with Crippen molar-refractivity contribution < 1.29 is 0 Å². The van der Waals surface area contributed by atoms with Gasteiger partial charge in [0.05, 0.1) is 10.0 Å². The van der Waals surface area contributed by atoms with E-state index in [9.17, 15) is 0 Å². The molecular formula is C11H13Cl2N. The molecule has 1 aliphatic rings. The molecule has 0 saturated carbocycles. The molecule has 0 unspecified atom stereocenters. The van der Waals surface area contributed by atoms with Crippen LogP contribution in [0.25, 0.3) is 0 Å². The third-order valence-electron chi connectivity index (χ3n) is 2.82. The molecule has 0 fully saturated rings. The largest absolute Gasteiger partial charge is 0.299 e. The van der Waals surface area contributed by atoms with Crippen LogP contribution in [-0.4, -0.2) is 18.0 Å². The van der Waals surface area contributed by atoms with Crippen LogP contribution in [-0.2, 0) is 13.0 Å². The van der Waals surface area contributed by atoms with Crippen molar-refractivity contribution in [2.24, 2.45) is 0 Å². The van der Waals surface area contributed by atoms with E-state index in [1.54, 1.807) is 0 Å². The molecule has 1 aromatic rings. The molecule has 0 spiro atoms. The van der Waals surface area contributed by atoms with Crippen LogP contribution in [0.4, 0.5) is 0 Å². The molecule has 76 valence electrons. The fourth-order valence-corrected chi connectivity index (χ4v) is 2.31. The van der Waals surface area contributed by atoms with Crippen molar-refractivity contribution in [2.75, 3.05) is 13.1 Å². The van der Waals surface area contributed by atoms with Crippen LogP contribution in [0.5, 0.6) is 0 Å². The molecule has 3 heteroatoms. The van der Waals surface area contributed by atoms with Crippen LogP contribution in [0.3, 0.4) is 0 Å². The summed E-state index contributed by atoms with van der Waals surface area (Å²) in [7, 11) is 0. The van der Waals surface area contributed by atoms with Crippen molar-refractivity contribution in [1.29, 1.82) is 0 Å². The molecule has 14 heavy (non-hydrogen) atoms. The van der Waals surface area contributed by atoms with Gasteiger partial charge in [-0.15, -0.1) is 0 Å². The Labute approximate surface area is 94.6 Å². The van der Waals surface area contributed by atoms with Crippen LogP contribution in [0.15, 0.2) is 12.1 Å². The second-order valence-corrected chi connectivity index (χ2v) is 4.40. The summed E-state index contributed by atoms with van der Waals surface area (Å²) < 4.78 is 0. The van der Waals surface area contributed by atoms with E-state index in [0.717, 1.165) is 31.1 Å². The Kier molecular flexibility index (Phi) is 3.01. The molecule has 0 amide bonds. The molecule has 1 nitrogen and oxygen atoms in total. The lowest BCUT2D eigenvalue weighted by atomic mass is 10.00. The quantitative estimate of drug-likeness (QED) is 0.714. The fraction of sp³-hybridized carbons (Fsp3) is 0.455. The average Bonchev–Trinajstić information content (AvgIpc) is 2.23. The Morgan fingerprint density at radius 3 is 2.86 bits per heavy atom. The Morgan fingerprint density at radius 2 is 2.14 bits per heavy atom. The van der Waals surface area contributed by atoms with Crippen LogP contribution >= 0.6 is 23.2 Å². The molecule has 0 radical (unpaired) electrons. The van der Waals surface area contributed by atoms with Crippen molar-refractivity contribution in [3.8, 4) is 0 Å². The maximum Gasteiger partial charge on any atom is 0.0640 e. The normalized spacial score (nSPS) is 16.8. The van der Waals surface area contributed by atoms with Gasteiger partial charge < -0.3 is 0 Å². The van der Waals surface area contributed by atoms with E-state index < -0.39 is 0 Å². The van der Waals surface area contributed by atoms with Gasteiger partial charge in [-0.2, -0.15) is 0 Å². The van der Waals surface area contributed by atoms with Crippen molar-refractivity contribution in [2.45, 2.75) is 19.9 Å². The minimum absolute atomic E-state index is 0.670. The van der Waals surface area contributed by atoms with E-state index in [2.05, 4.69) is 17.9 Å². The molecule has 2 rings (SSSR count). The Morgan fingerprint density at radius 1 is 1.36 bits per heavy atom. The first-order valence-corrected chi connectivity index (χ1v) is 5.66. The molecule has 0 aromatic heterocycles. The number of hydrogen-bond donors (Lipinski definition) is 0. The van der Waals surface area contributed by atoms with Crippen LogP contribution < -0.4 is 0 Å². The topological polar surface area (TPSA) is 3.24 Å². The fourth-order valence-electron chi connectivity index (χ4n) is 1.89. The van der Waals surface area contributed by atoms with Crippen LogP contribution in [0.2, 0.25) is 10.0 Å². The van der Waals surface area contributed by atoms with Gasteiger partial charge in [-0.3, -0.25) is 4.90 Å². The SMILES string of the molecule is CCN1CCc2ccc(Cl)c(Cl)c2C1. The van der Waals surface area contributed by atoms with Gasteiger partial charge in [0.1, 0.15) is 0 Å². The summed E-state index contributed by atoms with van der Waals surface area (Å²) >= 11 is 12.2.